The third-order valence-electron chi connectivity index (χ3n) is 7.05. The van der Waals surface area contributed by atoms with Crippen LogP contribution in [0.2, 0.25) is 0 Å². The average molecular weight is 484 g/mol. The summed E-state index contributed by atoms with van der Waals surface area (Å²) in [6.07, 6.45) is 8.07. The number of amides is 1. The number of hydrogen-bond acceptors (Lipinski definition) is 7. The number of nitrogens with one attached hydrogen (secondary N) is 2. The summed E-state index contributed by atoms with van der Waals surface area (Å²) in [7, 11) is 0. The molecule has 4 aromatic rings. The lowest BCUT2D eigenvalue weighted by atomic mass is 10.0. The number of aliphatic hydroxyl groups excluding tert-OH is 1. The van der Waals surface area contributed by atoms with Gasteiger partial charge >= 0.3 is 0 Å². The molecule has 3 aromatic heterocycles. The topological polar surface area (TPSA) is 110 Å². The number of rotatable bonds is 6. The Kier molecular flexibility index (Phi) is 6.08. The summed E-state index contributed by atoms with van der Waals surface area (Å²) in [5, 5.41) is 20.8. The highest BCUT2D eigenvalue weighted by molar-refractivity contribution is 6.11. The Morgan fingerprint density at radius 1 is 1.06 bits per heavy atom. The largest absolute Gasteiger partial charge is 0.393 e. The van der Waals surface area contributed by atoms with Crippen LogP contribution in [0.15, 0.2) is 55.0 Å². The van der Waals surface area contributed by atoms with Gasteiger partial charge in [0.2, 0.25) is 0 Å². The van der Waals surface area contributed by atoms with Gasteiger partial charge in [0.1, 0.15) is 5.82 Å². The number of hydrogen-bond donors (Lipinski definition) is 3. The van der Waals surface area contributed by atoms with E-state index in [1.54, 1.807) is 12.3 Å². The van der Waals surface area contributed by atoms with Gasteiger partial charge in [-0.15, -0.1) is 0 Å². The molecule has 0 radical (unpaired) electrons. The lowest BCUT2D eigenvalue weighted by Crippen LogP contribution is -2.37. The number of aliphatic hydroxyl groups is 1. The number of fused-ring (bicyclic) bond motifs is 1. The molecule has 9 nitrogen and oxygen atoms in total. The Hall–Kier alpha value is -3.82. The molecular formula is C27H29N7O2. The number of piperidine rings is 1. The summed E-state index contributed by atoms with van der Waals surface area (Å²) in [4.78, 5) is 26.5. The van der Waals surface area contributed by atoms with E-state index in [0.29, 0.717) is 11.4 Å². The Bertz CT molecular complexity index is 1390. The number of nitrogens with zero attached hydrogens (tertiary/aromatic N) is 5. The molecule has 2 saturated heterocycles. The second kappa shape index (κ2) is 9.67. The molecule has 1 aromatic carbocycles. The highest BCUT2D eigenvalue weighted by Gasteiger charge is 2.19. The van der Waals surface area contributed by atoms with E-state index in [1.807, 2.05) is 36.7 Å². The van der Waals surface area contributed by atoms with Crippen molar-refractivity contribution in [1.29, 1.82) is 0 Å². The summed E-state index contributed by atoms with van der Waals surface area (Å²) in [5.41, 5.74) is 4.95. The molecule has 0 atom stereocenters. The fraction of sp³-hybridized carbons (Fsp3) is 0.333. The van der Waals surface area contributed by atoms with Crippen LogP contribution >= 0.6 is 0 Å². The minimum Gasteiger partial charge on any atom is -0.393 e. The smallest absolute Gasteiger partial charge is 0.276 e. The summed E-state index contributed by atoms with van der Waals surface area (Å²) in [6.45, 7) is 4.58. The summed E-state index contributed by atoms with van der Waals surface area (Å²) < 4.78 is 0. The van der Waals surface area contributed by atoms with Gasteiger partial charge in [-0.05, 0) is 54.7 Å². The van der Waals surface area contributed by atoms with Crippen molar-refractivity contribution >= 4 is 28.3 Å². The first-order valence-electron chi connectivity index (χ1n) is 12.5. The van der Waals surface area contributed by atoms with E-state index in [2.05, 4.69) is 41.3 Å². The second-order valence-electron chi connectivity index (χ2n) is 9.62. The van der Waals surface area contributed by atoms with E-state index in [1.165, 1.54) is 6.42 Å². The number of carbonyl (C=O) groups excluding carboxylic acids is 1. The van der Waals surface area contributed by atoms with Crippen LogP contribution in [0.25, 0.3) is 22.0 Å². The molecule has 2 aliphatic heterocycles. The van der Waals surface area contributed by atoms with Crippen LogP contribution in [0.4, 0.5) is 11.5 Å². The van der Waals surface area contributed by atoms with Crippen LogP contribution in [0.3, 0.4) is 0 Å². The van der Waals surface area contributed by atoms with E-state index >= 15 is 0 Å². The summed E-state index contributed by atoms with van der Waals surface area (Å²) in [5.74, 6) is 0.611. The zero-order chi connectivity index (χ0) is 24.5. The van der Waals surface area contributed by atoms with Gasteiger partial charge in [0, 0.05) is 74.0 Å². The number of benzene rings is 1. The first kappa shape index (κ1) is 22.6. The van der Waals surface area contributed by atoms with Crippen molar-refractivity contribution in [2.45, 2.75) is 31.9 Å². The van der Waals surface area contributed by atoms with E-state index in [4.69, 9.17) is 0 Å². The number of likely N-dealkylation sites (tertiary alicyclic amines) is 1. The first-order chi connectivity index (χ1) is 17.6. The number of aromatic amines is 1. The average Bonchev–Trinajstić information content (AvgIpc) is 3.28. The Labute approximate surface area is 209 Å². The van der Waals surface area contributed by atoms with Crippen molar-refractivity contribution in [1.82, 2.24) is 25.1 Å². The number of aromatic nitrogens is 4. The third kappa shape index (κ3) is 4.67. The molecule has 5 heterocycles. The van der Waals surface area contributed by atoms with Crippen molar-refractivity contribution in [3.05, 3.63) is 66.2 Å². The van der Waals surface area contributed by atoms with Crippen LogP contribution < -0.4 is 10.2 Å². The van der Waals surface area contributed by atoms with Crippen molar-refractivity contribution in [2.75, 3.05) is 36.4 Å². The van der Waals surface area contributed by atoms with Crippen LogP contribution in [0, 0.1) is 0 Å². The van der Waals surface area contributed by atoms with Crippen LogP contribution in [-0.2, 0) is 6.54 Å². The zero-order valence-corrected chi connectivity index (χ0v) is 20.0. The second-order valence-corrected chi connectivity index (χ2v) is 9.62. The fourth-order valence-electron chi connectivity index (χ4n) is 4.84. The number of carbonyl (C=O) groups is 1. The lowest BCUT2D eigenvalue weighted by Gasteiger charge is -2.32. The van der Waals surface area contributed by atoms with Gasteiger partial charge in [-0.25, -0.2) is 4.98 Å². The number of anilines is 2. The molecule has 0 saturated carbocycles. The van der Waals surface area contributed by atoms with Gasteiger partial charge in [0.25, 0.3) is 5.91 Å². The molecule has 0 unspecified atom stereocenters. The first-order valence-corrected chi connectivity index (χ1v) is 12.5. The third-order valence-corrected chi connectivity index (χ3v) is 7.05. The molecule has 2 fully saturated rings. The van der Waals surface area contributed by atoms with Crippen molar-refractivity contribution in [2.24, 2.45) is 0 Å². The van der Waals surface area contributed by atoms with Crippen molar-refractivity contribution in [3.8, 4) is 11.1 Å². The van der Waals surface area contributed by atoms with E-state index < -0.39 is 0 Å². The number of H-pyrrole nitrogens is 1. The van der Waals surface area contributed by atoms with Gasteiger partial charge in [0.15, 0.2) is 5.69 Å². The Morgan fingerprint density at radius 2 is 1.92 bits per heavy atom. The number of pyridine rings is 2. The van der Waals surface area contributed by atoms with E-state index in [0.717, 1.165) is 79.0 Å². The monoisotopic (exact) mass is 483 g/mol. The lowest BCUT2D eigenvalue weighted by molar-refractivity contribution is 0.0792. The van der Waals surface area contributed by atoms with Gasteiger partial charge in [0.05, 0.1) is 11.6 Å². The standard InChI is InChI=1S/C27H29N7O2/c35-22-5-10-33(11-6-22)17-18-12-20(16-28-15-18)19-2-3-24-23(13-19)26(32-31-24)27(36)30-21-4-7-29-25(14-21)34-8-1-9-34/h2-4,7,12-16,22,35H,1,5-6,8-11,17H2,(H,31,32)(H,29,30,36). The molecule has 9 heteroatoms. The molecule has 0 spiro atoms. The minimum atomic E-state index is -0.265. The van der Waals surface area contributed by atoms with Crippen LogP contribution in [0.1, 0.15) is 35.3 Å². The predicted molar refractivity (Wildman–Crippen MR) is 139 cm³/mol. The van der Waals surface area contributed by atoms with E-state index in [-0.39, 0.29) is 12.0 Å². The summed E-state index contributed by atoms with van der Waals surface area (Å²) >= 11 is 0. The summed E-state index contributed by atoms with van der Waals surface area (Å²) in [6, 6.07) is 11.8. The van der Waals surface area contributed by atoms with Crippen molar-refractivity contribution < 1.29 is 9.90 Å². The maximum absolute atomic E-state index is 13.1. The maximum atomic E-state index is 13.1. The molecule has 3 N–H and O–H groups in total. The van der Waals surface area contributed by atoms with Gasteiger partial charge in [-0.1, -0.05) is 6.07 Å². The van der Waals surface area contributed by atoms with Crippen molar-refractivity contribution in [3.63, 3.8) is 0 Å². The van der Waals surface area contributed by atoms with Gasteiger partial charge in [-0.2, -0.15) is 5.10 Å². The van der Waals surface area contributed by atoms with Gasteiger partial charge < -0.3 is 15.3 Å². The molecule has 0 bridgehead atoms. The molecule has 1 amide bonds. The molecular weight excluding hydrogens is 454 g/mol. The quantitative estimate of drug-likeness (QED) is 0.385. The molecule has 0 aliphatic carbocycles. The maximum Gasteiger partial charge on any atom is 0.276 e. The minimum absolute atomic E-state index is 0.181. The normalized spacial score (nSPS) is 16.8. The molecule has 36 heavy (non-hydrogen) atoms. The SMILES string of the molecule is O=C(Nc1ccnc(N2CCC2)c1)c1n[nH]c2ccc(-c3cncc(CN4CCC(O)CC4)c3)cc12. The van der Waals surface area contributed by atoms with Crippen LogP contribution in [0.5, 0.6) is 0 Å². The Morgan fingerprint density at radius 3 is 2.72 bits per heavy atom. The zero-order valence-electron chi connectivity index (χ0n) is 20.0. The van der Waals surface area contributed by atoms with E-state index in [9.17, 15) is 9.90 Å². The molecule has 2 aliphatic rings. The molecule has 184 valence electrons. The molecule has 6 rings (SSSR count). The fourth-order valence-corrected chi connectivity index (χ4v) is 4.84. The van der Waals surface area contributed by atoms with Crippen LogP contribution in [-0.4, -0.2) is 68.4 Å². The Balaban J connectivity index is 1.22. The van der Waals surface area contributed by atoms with Gasteiger partial charge in [-0.3, -0.25) is 19.8 Å². The predicted octanol–water partition coefficient (Wildman–Crippen LogP) is 3.44. The highest BCUT2D eigenvalue weighted by Crippen LogP contribution is 2.27. The highest BCUT2D eigenvalue weighted by atomic mass is 16.3.